The zero-order valence-electron chi connectivity index (χ0n) is 9.37. The molecule has 1 aromatic carbocycles. The summed E-state index contributed by atoms with van der Waals surface area (Å²) in [6.45, 7) is -0.187. The van der Waals surface area contributed by atoms with Crippen LogP contribution in [0.25, 0.3) is 0 Å². The molecule has 1 atom stereocenters. The van der Waals surface area contributed by atoms with E-state index < -0.39 is 11.9 Å². The first-order chi connectivity index (χ1) is 7.62. The number of methoxy groups -OCH3 is 2. The molecular weight excluding hydrogens is 213 g/mol. The standard InChI is InChI=1S/C11H16FNO3/c1-15-10-4-7(3-8(13)6-14)9(12)5-11(10)16-2/h4-5,8,14H,3,6,13H2,1-2H3. The molecule has 0 saturated heterocycles. The Morgan fingerprint density at radius 1 is 1.31 bits per heavy atom. The number of benzene rings is 1. The van der Waals surface area contributed by atoms with Gasteiger partial charge in [0.05, 0.1) is 20.8 Å². The number of nitrogens with two attached hydrogens (primary N) is 1. The monoisotopic (exact) mass is 229 g/mol. The Bertz CT molecular complexity index is 357. The maximum absolute atomic E-state index is 13.6. The Balaban J connectivity index is 3.01. The third kappa shape index (κ3) is 2.84. The van der Waals surface area contributed by atoms with Crippen molar-refractivity contribution in [3.05, 3.63) is 23.5 Å². The number of ether oxygens (including phenoxy) is 2. The summed E-state index contributed by atoms with van der Waals surface area (Å²) in [6.07, 6.45) is 0.253. The van der Waals surface area contributed by atoms with E-state index in [4.69, 9.17) is 20.3 Å². The van der Waals surface area contributed by atoms with E-state index in [1.807, 2.05) is 0 Å². The molecule has 0 saturated carbocycles. The van der Waals surface area contributed by atoms with Crippen LogP contribution in [-0.4, -0.2) is 32.0 Å². The Morgan fingerprint density at radius 2 is 1.88 bits per heavy atom. The van der Waals surface area contributed by atoms with Crippen LogP contribution in [0.2, 0.25) is 0 Å². The van der Waals surface area contributed by atoms with Crippen molar-refractivity contribution < 1.29 is 19.0 Å². The van der Waals surface area contributed by atoms with Crippen molar-refractivity contribution in [2.45, 2.75) is 12.5 Å². The van der Waals surface area contributed by atoms with Gasteiger partial charge < -0.3 is 20.3 Å². The first-order valence-corrected chi connectivity index (χ1v) is 4.89. The molecule has 0 aromatic heterocycles. The number of rotatable bonds is 5. The van der Waals surface area contributed by atoms with Gasteiger partial charge in [-0.25, -0.2) is 4.39 Å². The summed E-state index contributed by atoms with van der Waals surface area (Å²) in [7, 11) is 2.92. The molecule has 0 spiro atoms. The van der Waals surface area contributed by atoms with Crippen LogP contribution in [0.4, 0.5) is 4.39 Å². The fourth-order valence-corrected chi connectivity index (χ4v) is 1.40. The lowest BCUT2D eigenvalue weighted by Crippen LogP contribution is -2.27. The van der Waals surface area contributed by atoms with E-state index in [1.54, 1.807) is 0 Å². The highest BCUT2D eigenvalue weighted by Gasteiger charge is 2.13. The molecule has 16 heavy (non-hydrogen) atoms. The molecule has 0 heterocycles. The lowest BCUT2D eigenvalue weighted by Gasteiger charge is -2.13. The van der Waals surface area contributed by atoms with Gasteiger partial charge in [-0.05, 0) is 18.1 Å². The molecule has 1 unspecified atom stereocenters. The Kier molecular flexibility index (Phi) is 4.52. The molecule has 4 nitrogen and oxygen atoms in total. The second-order valence-electron chi connectivity index (χ2n) is 3.45. The molecule has 3 N–H and O–H groups in total. The minimum Gasteiger partial charge on any atom is -0.493 e. The van der Waals surface area contributed by atoms with E-state index >= 15 is 0 Å². The summed E-state index contributed by atoms with van der Waals surface area (Å²) in [4.78, 5) is 0. The fourth-order valence-electron chi connectivity index (χ4n) is 1.40. The van der Waals surface area contributed by atoms with Gasteiger partial charge in [0.2, 0.25) is 0 Å². The quantitative estimate of drug-likeness (QED) is 0.780. The van der Waals surface area contributed by atoms with Crippen LogP contribution in [-0.2, 0) is 6.42 Å². The number of halogens is 1. The van der Waals surface area contributed by atoms with Gasteiger partial charge in [-0.15, -0.1) is 0 Å². The highest BCUT2D eigenvalue weighted by Crippen LogP contribution is 2.30. The second-order valence-corrected chi connectivity index (χ2v) is 3.45. The molecule has 1 aromatic rings. The maximum atomic E-state index is 13.6. The minimum atomic E-state index is -0.479. The SMILES string of the molecule is COc1cc(F)c(CC(N)CO)cc1OC. The van der Waals surface area contributed by atoms with Crippen LogP contribution >= 0.6 is 0 Å². The molecule has 1 rings (SSSR count). The van der Waals surface area contributed by atoms with Crippen LogP contribution < -0.4 is 15.2 Å². The van der Waals surface area contributed by atoms with Gasteiger partial charge in [-0.3, -0.25) is 0 Å². The second kappa shape index (κ2) is 5.67. The van der Waals surface area contributed by atoms with E-state index in [2.05, 4.69) is 0 Å². The van der Waals surface area contributed by atoms with Crippen LogP contribution in [0.5, 0.6) is 11.5 Å². The average molecular weight is 229 g/mol. The Hall–Kier alpha value is -1.33. The molecule has 0 radical (unpaired) electrons. The zero-order chi connectivity index (χ0) is 12.1. The topological polar surface area (TPSA) is 64.7 Å². The van der Waals surface area contributed by atoms with Crippen molar-refractivity contribution in [3.63, 3.8) is 0 Å². The van der Waals surface area contributed by atoms with Gasteiger partial charge in [-0.1, -0.05) is 0 Å². The van der Waals surface area contributed by atoms with E-state index in [0.717, 1.165) is 0 Å². The lowest BCUT2D eigenvalue weighted by atomic mass is 10.1. The summed E-state index contributed by atoms with van der Waals surface area (Å²) >= 11 is 0. The Morgan fingerprint density at radius 3 is 2.38 bits per heavy atom. The van der Waals surface area contributed by atoms with Crippen molar-refractivity contribution >= 4 is 0 Å². The fraction of sp³-hybridized carbons (Fsp3) is 0.455. The summed E-state index contributed by atoms with van der Waals surface area (Å²) < 4.78 is 23.6. The third-order valence-electron chi connectivity index (χ3n) is 2.27. The molecule has 0 aliphatic rings. The molecule has 0 amide bonds. The average Bonchev–Trinajstić information content (AvgIpc) is 2.30. The van der Waals surface area contributed by atoms with Crippen LogP contribution in [0.15, 0.2) is 12.1 Å². The normalized spacial score (nSPS) is 12.3. The Labute approximate surface area is 93.8 Å². The molecule has 90 valence electrons. The number of hydrogen-bond acceptors (Lipinski definition) is 4. The van der Waals surface area contributed by atoms with E-state index in [9.17, 15) is 4.39 Å². The molecule has 0 aliphatic carbocycles. The first-order valence-electron chi connectivity index (χ1n) is 4.89. The van der Waals surface area contributed by atoms with Crippen molar-refractivity contribution in [2.75, 3.05) is 20.8 Å². The summed E-state index contributed by atoms with van der Waals surface area (Å²) in [5.41, 5.74) is 5.95. The lowest BCUT2D eigenvalue weighted by molar-refractivity contribution is 0.264. The van der Waals surface area contributed by atoms with Gasteiger partial charge in [0.25, 0.3) is 0 Å². The zero-order valence-corrected chi connectivity index (χ0v) is 9.37. The van der Waals surface area contributed by atoms with Gasteiger partial charge in [0, 0.05) is 12.1 Å². The van der Waals surface area contributed by atoms with E-state index in [-0.39, 0.29) is 13.0 Å². The van der Waals surface area contributed by atoms with E-state index in [1.165, 1.54) is 26.4 Å². The highest BCUT2D eigenvalue weighted by atomic mass is 19.1. The molecular formula is C11H16FNO3. The predicted octanol–water partition coefficient (Wildman–Crippen LogP) is 0.705. The predicted molar refractivity (Wildman–Crippen MR) is 58.3 cm³/mol. The number of hydrogen-bond donors (Lipinski definition) is 2. The van der Waals surface area contributed by atoms with E-state index in [0.29, 0.717) is 17.1 Å². The van der Waals surface area contributed by atoms with Gasteiger partial charge in [-0.2, -0.15) is 0 Å². The summed E-state index contributed by atoms with van der Waals surface area (Å²) in [5, 5.41) is 8.81. The van der Waals surface area contributed by atoms with Crippen molar-refractivity contribution in [2.24, 2.45) is 5.73 Å². The molecule has 5 heteroatoms. The highest BCUT2D eigenvalue weighted by molar-refractivity contribution is 5.44. The smallest absolute Gasteiger partial charge is 0.163 e. The maximum Gasteiger partial charge on any atom is 0.163 e. The molecule has 0 bridgehead atoms. The number of aliphatic hydroxyl groups is 1. The van der Waals surface area contributed by atoms with Crippen LogP contribution in [0.1, 0.15) is 5.56 Å². The molecule has 0 aliphatic heterocycles. The summed E-state index contributed by atoms with van der Waals surface area (Å²) in [5.74, 6) is 0.368. The van der Waals surface area contributed by atoms with Crippen molar-refractivity contribution in [1.29, 1.82) is 0 Å². The van der Waals surface area contributed by atoms with Crippen LogP contribution in [0, 0.1) is 5.82 Å². The molecule has 0 fully saturated rings. The summed E-state index contributed by atoms with van der Waals surface area (Å²) in [6, 6.07) is 2.30. The van der Waals surface area contributed by atoms with Gasteiger partial charge in [0.15, 0.2) is 11.5 Å². The first kappa shape index (κ1) is 12.7. The third-order valence-corrected chi connectivity index (χ3v) is 2.27. The minimum absolute atomic E-state index is 0.187. The number of aliphatic hydroxyl groups excluding tert-OH is 1. The largest absolute Gasteiger partial charge is 0.493 e. The van der Waals surface area contributed by atoms with Crippen molar-refractivity contribution in [1.82, 2.24) is 0 Å². The van der Waals surface area contributed by atoms with Gasteiger partial charge in [0.1, 0.15) is 5.82 Å². The van der Waals surface area contributed by atoms with Crippen molar-refractivity contribution in [3.8, 4) is 11.5 Å². The van der Waals surface area contributed by atoms with Crippen LogP contribution in [0.3, 0.4) is 0 Å². The van der Waals surface area contributed by atoms with Gasteiger partial charge >= 0.3 is 0 Å².